The van der Waals surface area contributed by atoms with Gasteiger partial charge >= 0.3 is 0 Å². The highest BCUT2D eigenvalue weighted by molar-refractivity contribution is 6.30. The molecule has 2 amide bonds. The Morgan fingerprint density at radius 3 is 2.52 bits per heavy atom. The fourth-order valence-corrected chi connectivity index (χ4v) is 3.76. The van der Waals surface area contributed by atoms with Crippen LogP contribution in [0.4, 0.5) is 10.1 Å². The van der Waals surface area contributed by atoms with Gasteiger partial charge in [-0.05, 0) is 41.5 Å². The first-order valence-corrected chi connectivity index (χ1v) is 9.57. The van der Waals surface area contributed by atoms with Crippen LogP contribution >= 0.6 is 11.6 Å². The maximum atomic E-state index is 13.2. The van der Waals surface area contributed by atoms with Crippen LogP contribution in [-0.2, 0) is 16.0 Å². The number of nitrogens with one attached hydrogen (secondary N) is 1. The maximum Gasteiger partial charge on any atom is 0.244 e. The molecule has 0 bridgehead atoms. The lowest BCUT2D eigenvalue weighted by molar-refractivity contribution is -0.135. The Balaban J connectivity index is 1.78. The molecule has 29 heavy (non-hydrogen) atoms. The third-order valence-electron chi connectivity index (χ3n) is 4.91. The number of benzene rings is 3. The summed E-state index contributed by atoms with van der Waals surface area (Å²) in [4.78, 5) is 27.3. The molecule has 0 aliphatic carbocycles. The molecule has 3 aromatic rings. The van der Waals surface area contributed by atoms with Gasteiger partial charge in [-0.25, -0.2) is 4.39 Å². The number of nitrogens with zero attached hydrogens (tertiary/aromatic N) is 1. The lowest BCUT2D eigenvalue weighted by Gasteiger charge is -2.30. The predicted molar refractivity (Wildman–Crippen MR) is 110 cm³/mol. The van der Waals surface area contributed by atoms with E-state index in [9.17, 15) is 14.0 Å². The number of carbonyl (C=O) groups excluding carboxylic acids is 2. The van der Waals surface area contributed by atoms with Crippen LogP contribution in [0.15, 0.2) is 72.8 Å². The molecule has 0 fully saturated rings. The number of rotatable bonds is 3. The average Bonchev–Trinajstić information content (AvgIpc) is 2.86. The smallest absolute Gasteiger partial charge is 0.244 e. The molecule has 0 radical (unpaired) electrons. The Morgan fingerprint density at radius 1 is 1.07 bits per heavy atom. The summed E-state index contributed by atoms with van der Waals surface area (Å²) >= 11 is 6.24. The van der Waals surface area contributed by atoms with Crippen LogP contribution in [-0.4, -0.2) is 23.3 Å². The van der Waals surface area contributed by atoms with Crippen molar-refractivity contribution in [1.29, 1.82) is 0 Å². The second-order valence-corrected chi connectivity index (χ2v) is 7.35. The lowest BCUT2D eigenvalue weighted by Crippen LogP contribution is -2.39. The largest absolute Gasteiger partial charge is 0.324 e. The van der Waals surface area contributed by atoms with Crippen molar-refractivity contribution in [1.82, 2.24) is 4.90 Å². The molecule has 1 aliphatic heterocycles. The Bertz CT molecular complexity index is 1050. The third kappa shape index (κ3) is 4.15. The van der Waals surface area contributed by atoms with Crippen LogP contribution in [0.1, 0.15) is 22.7 Å². The fourth-order valence-electron chi connectivity index (χ4n) is 3.58. The zero-order chi connectivity index (χ0) is 20.4. The first kappa shape index (κ1) is 19.2. The minimum atomic E-state index is -0.475. The van der Waals surface area contributed by atoms with Gasteiger partial charge in [-0.15, -0.1) is 0 Å². The molecule has 0 aromatic heterocycles. The van der Waals surface area contributed by atoms with Gasteiger partial charge in [0.25, 0.3) is 0 Å². The standard InChI is InChI=1S/C23H18ClFN2O2/c24-17-8-11-20-19(13-17)23(16-4-2-1-3-5-16)27(14-21(28)26-20)22(29)12-15-6-9-18(25)10-7-15/h1-11,13,23H,12,14H2,(H,26,28)/t23-/m0/s1. The number of hydrogen-bond acceptors (Lipinski definition) is 2. The first-order valence-electron chi connectivity index (χ1n) is 9.19. The zero-order valence-electron chi connectivity index (χ0n) is 15.4. The summed E-state index contributed by atoms with van der Waals surface area (Å²) in [5, 5.41) is 3.38. The highest BCUT2D eigenvalue weighted by Crippen LogP contribution is 2.37. The molecule has 1 atom stereocenters. The van der Waals surface area contributed by atoms with Gasteiger partial charge in [0.2, 0.25) is 11.8 Å². The Kier molecular flexibility index (Phi) is 5.32. The van der Waals surface area contributed by atoms with Gasteiger partial charge in [0.1, 0.15) is 12.4 Å². The van der Waals surface area contributed by atoms with Crippen molar-refractivity contribution >= 4 is 29.1 Å². The molecular weight excluding hydrogens is 391 g/mol. The molecule has 6 heteroatoms. The van der Waals surface area contributed by atoms with Gasteiger partial charge in [-0.2, -0.15) is 0 Å². The number of carbonyl (C=O) groups is 2. The summed E-state index contributed by atoms with van der Waals surface area (Å²) in [7, 11) is 0. The van der Waals surface area contributed by atoms with Crippen molar-refractivity contribution in [3.8, 4) is 0 Å². The van der Waals surface area contributed by atoms with Gasteiger partial charge in [0.05, 0.1) is 12.5 Å². The molecule has 3 aromatic carbocycles. The molecule has 1 heterocycles. The van der Waals surface area contributed by atoms with E-state index in [0.29, 0.717) is 16.3 Å². The fraction of sp³-hybridized carbons (Fsp3) is 0.130. The summed E-state index contributed by atoms with van der Waals surface area (Å²) in [5.74, 6) is -0.867. The van der Waals surface area contributed by atoms with Crippen molar-refractivity contribution in [2.75, 3.05) is 11.9 Å². The van der Waals surface area contributed by atoms with Crippen molar-refractivity contribution in [2.24, 2.45) is 0 Å². The molecule has 146 valence electrons. The quantitative estimate of drug-likeness (QED) is 0.689. The van der Waals surface area contributed by atoms with E-state index in [-0.39, 0.29) is 30.6 Å². The van der Waals surface area contributed by atoms with Crippen molar-refractivity contribution in [2.45, 2.75) is 12.5 Å². The molecule has 4 rings (SSSR count). The molecule has 0 saturated carbocycles. The number of halogens is 2. The van der Waals surface area contributed by atoms with E-state index in [4.69, 9.17) is 11.6 Å². The molecule has 0 saturated heterocycles. The van der Waals surface area contributed by atoms with E-state index in [1.165, 1.54) is 12.1 Å². The maximum absolute atomic E-state index is 13.2. The van der Waals surface area contributed by atoms with E-state index < -0.39 is 6.04 Å². The summed E-state index contributed by atoms with van der Waals surface area (Å²) in [6.45, 7) is -0.0914. The van der Waals surface area contributed by atoms with Crippen LogP contribution in [0.3, 0.4) is 0 Å². The molecule has 1 N–H and O–H groups in total. The lowest BCUT2D eigenvalue weighted by atomic mass is 9.95. The highest BCUT2D eigenvalue weighted by atomic mass is 35.5. The molecule has 4 nitrogen and oxygen atoms in total. The Hall–Kier alpha value is -3.18. The van der Waals surface area contributed by atoms with Gasteiger partial charge in [0.15, 0.2) is 0 Å². The van der Waals surface area contributed by atoms with Gasteiger partial charge < -0.3 is 10.2 Å². The second-order valence-electron chi connectivity index (χ2n) is 6.92. The number of anilines is 1. The van der Waals surface area contributed by atoms with Gasteiger partial charge in [-0.3, -0.25) is 9.59 Å². The van der Waals surface area contributed by atoms with E-state index in [1.807, 2.05) is 30.3 Å². The van der Waals surface area contributed by atoms with Crippen LogP contribution < -0.4 is 5.32 Å². The zero-order valence-corrected chi connectivity index (χ0v) is 16.2. The van der Waals surface area contributed by atoms with Crippen molar-refractivity contribution in [3.05, 3.63) is 100 Å². The Morgan fingerprint density at radius 2 is 1.79 bits per heavy atom. The summed E-state index contributed by atoms with van der Waals surface area (Å²) in [6, 6.07) is 20.1. The molecule has 1 aliphatic rings. The number of amides is 2. The molecule has 0 spiro atoms. The highest BCUT2D eigenvalue weighted by Gasteiger charge is 2.33. The number of fused-ring (bicyclic) bond motifs is 1. The summed E-state index contributed by atoms with van der Waals surface area (Å²) < 4.78 is 13.2. The summed E-state index contributed by atoms with van der Waals surface area (Å²) in [5.41, 5.74) is 2.94. The van der Waals surface area contributed by atoms with Gasteiger partial charge in [-0.1, -0.05) is 54.1 Å². The topological polar surface area (TPSA) is 49.4 Å². The van der Waals surface area contributed by atoms with E-state index in [0.717, 1.165) is 11.1 Å². The van der Waals surface area contributed by atoms with Crippen LogP contribution in [0.2, 0.25) is 5.02 Å². The predicted octanol–water partition coefficient (Wildman–Crippen LogP) is 4.59. The SMILES string of the molecule is O=C1CN(C(=O)Cc2ccc(F)cc2)[C@@H](c2ccccc2)c2cc(Cl)ccc2N1. The van der Waals surface area contributed by atoms with E-state index in [1.54, 1.807) is 35.2 Å². The van der Waals surface area contributed by atoms with Gasteiger partial charge in [0, 0.05) is 16.3 Å². The van der Waals surface area contributed by atoms with Crippen LogP contribution in [0.5, 0.6) is 0 Å². The minimum absolute atomic E-state index is 0.0623. The minimum Gasteiger partial charge on any atom is -0.324 e. The number of hydrogen-bond donors (Lipinski definition) is 1. The normalized spacial score (nSPS) is 16.0. The molecular formula is C23H18ClFN2O2. The second kappa shape index (κ2) is 8.05. The van der Waals surface area contributed by atoms with Crippen LogP contribution in [0.25, 0.3) is 0 Å². The Labute approximate surface area is 172 Å². The molecule has 0 unspecified atom stereocenters. The van der Waals surface area contributed by atoms with E-state index >= 15 is 0 Å². The van der Waals surface area contributed by atoms with Crippen molar-refractivity contribution in [3.63, 3.8) is 0 Å². The van der Waals surface area contributed by atoms with E-state index in [2.05, 4.69) is 5.32 Å². The first-order chi connectivity index (χ1) is 14.0. The van der Waals surface area contributed by atoms with Crippen molar-refractivity contribution < 1.29 is 14.0 Å². The monoisotopic (exact) mass is 408 g/mol. The third-order valence-corrected chi connectivity index (χ3v) is 5.15. The van der Waals surface area contributed by atoms with Crippen LogP contribution in [0, 0.1) is 5.82 Å². The average molecular weight is 409 g/mol. The summed E-state index contributed by atoms with van der Waals surface area (Å²) in [6.07, 6.45) is 0.0623.